The van der Waals surface area contributed by atoms with Crippen molar-refractivity contribution < 1.29 is 9.47 Å². The Bertz CT molecular complexity index is 804. The second-order valence-electron chi connectivity index (χ2n) is 7.74. The van der Waals surface area contributed by atoms with E-state index in [2.05, 4.69) is 43.0 Å². The van der Waals surface area contributed by atoms with Crippen LogP contribution in [0.1, 0.15) is 29.3 Å². The predicted octanol–water partition coefficient (Wildman–Crippen LogP) is 2.67. The maximum atomic E-state index is 5.79. The molecule has 2 aromatic rings. The lowest BCUT2D eigenvalue weighted by Gasteiger charge is -2.34. The first-order chi connectivity index (χ1) is 14.8. The van der Waals surface area contributed by atoms with Gasteiger partial charge in [-0.3, -0.25) is 9.89 Å². The molecule has 30 heavy (non-hydrogen) atoms. The van der Waals surface area contributed by atoms with E-state index in [9.17, 15) is 0 Å². The molecule has 1 atom stereocenters. The second kappa shape index (κ2) is 10.7. The first-order valence-corrected chi connectivity index (χ1v) is 11.6. The lowest BCUT2D eigenvalue weighted by atomic mass is 10.2. The van der Waals surface area contributed by atoms with Gasteiger partial charge in [0, 0.05) is 50.4 Å². The molecule has 1 unspecified atom stereocenters. The summed E-state index contributed by atoms with van der Waals surface area (Å²) in [5.74, 6) is 2.22. The highest BCUT2D eigenvalue weighted by Crippen LogP contribution is 2.29. The Kier molecular flexibility index (Phi) is 7.55. The zero-order valence-electron chi connectivity index (χ0n) is 17.5. The van der Waals surface area contributed by atoms with Crippen LogP contribution >= 0.6 is 11.3 Å². The third-order valence-corrected chi connectivity index (χ3v) is 6.44. The van der Waals surface area contributed by atoms with E-state index in [4.69, 9.17) is 9.47 Å². The topological polar surface area (TPSA) is 71.0 Å². The summed E-state index contributed by atoms with van der Waals surface area (Å²) in [5, 5.41) is 9.06. The van der Waals surface area contributed by atoms with Gasteiger partial charge in [-0.2, -0.15) is 0 Å². The number of aromatic nitrogens is 1. The molecule has 8 heteroatoms. The molecular formula is C22H31N5O2S. The zero-order valence-corrected chi connectivity index (χ0v) is 18.4. The number of pyridine rings is 1. The lowest BCUT2D eigenvalue weighted by molar-refractivity contribution is 0.0177. The largest absolute Gasteiger partial charge is 0.477 e. The number of ether oxygens (including phenoxy) is 2. The van der Waals surface area contributed by atoms with Crippen LogP contribution in [0, 0.1) is 5.92 Å². The number of rotatable bonds is 9. The summed E-state index contributed by atoms with van der Waals surface area (Å²) < 4.78 is 11.3. The molecule has 0 bridgehead atoms. The normalized spacial score (nSPS) is 18.8. The van der Waals surface area contributed by atoms with Crippen LogP contribution in [0.2, 0.25) is 0 Å². The number of hydrogen-bond acceptors (Lipinski definition) is 6. The molecule has 0 aromatic carbocycles. The summed E-state index contributed by atoms with van der Waals surface area (Å²) >= 11 is 1.80. The van der Waals surface area contributed by atoms with Gasteiger partial charge in [-0.15, -0.1) is 11.3 Å². The van der Waals surface area contributed by atoms with E-state index in [1.54, 1.807) is 24.6 Å². The Morgan fingerprint density at radius 1 is 1.33 bits per heavy atom. The molecule has 162 valence electrons. The molecule has 0 radical (unpaired) electrons. The smallest absolute Gasteiger partial charge is 0.213 e. The van der Waals surface area contributed by atoms with Crippen molar-refractivity contribution in [1.82, 2.24) is 20.5 Å². The summed E-state index contributed by atoms with van der Waals surface area (Å²) in [4.78, 5) is 12.6. The number of nitrogens with one attached hydrogen (secondary N) is 2. The Balaban J connectivity index is 1.29. The van der Waals surface area contributed by atoms with Crippen LogP contribution in [-0.2, 0) is 11.3 Å². The van der Waals surface area contributed by atoms with E-state index in [1.165, 1.54) is 17.7 Å². The van der Waals surface area contributed by atoms with Crippen LogP contribution in [0.15, 0.2) is 40.8 Å². The first kappa shape index (κ1) is 21.1. The van der Waals surface area contributed by atoms with Gasteiger partial charge in [0.05, 0.1) is 25.9 Å². The highest BCUT2D eigenvalue weighted by Gasteiger charge is 2.24. The van der Waals surface area contributed by atoms with Crippen LogP contribution in [0.4, 0.5) is 0 Å². The highest BCUT2D eigenvalue weighted by molar-refractivity contribution is 7.10. The van der Waals surface area contributed by atoms with Crippen molar-refractivity contribution in [3.05, 3.63) is 46.3 Å². The van der Waals surface area contributed by atoms with Gasteiger partial charge < -0.3 is 20.1 Å². The van der Waals surface area contributed by atoms with Crippen molar-refractivity contribution in [2.24, 2.45) is 10.9 Å². The van der Waals surface area contributed by atoms with E-state index in [0.717, 1.165) is 56.9 Å². The molecule has 1 aliphatic carbocycles. The molecule has 1 saturated heterocycles. The van der Waals surface area contributed by atoms with Crippen molar-refractivity contribution in [3.63, 3.8) is 0 Å². The minimum absolute atomic E-state index is 0.316. The number of aliphatic imine (C=N–C) groups is 1. The maximum absolute atomic E-state index is 5.79. The summed E-state index contributed by atoms with van der Waals surface area (Å²) in [5.41, 5.74) is 1.13. The van der Waals surface area contributed by atoms with Gasteiger partial charge >= 0.3 is 0 Å². The van der Waals surface area contributed by atoms with Crippen LogP contribution in [-0.4, -0.2) is 62.3 Å². The van der Waals surface area contributed by atoms with Crippen LogP contribution in [0.3, 0.4) is 0 Å². The Hall–Kier alpha value is -2.16. The molecule has 2 N–H and O–H groups in total. The summed E-state index contributed by atoms with van der Waals surface area (Å²) in [7, 11) is 1.81. The van der Waals surface area contributed by atoms with Crippen LogP contribution < -0.4 is 15.4 Å². The van der Waals surface area contributed by atoms with E-state index in [0.29, 0.717) is 18.5 Å². The van der Waals surface area contributed by atoms with Crippen molar-refractivity contribution in [2.45, 2.75) is 25.4 Å². The van der Waals surface area contributed by atoms with Crippen LogP contribution in [0.5, 0.6) is 5.88 Å². The average Bonchev–Trinajstić information content (AvgIpc) is 3.47. The van der Waals surface area contributed by atoms with Gasteiger partial charge in [-0.25, -0.2) is 4.98 Å². The summed E-state index contributed by atoms with van der Waals surface area (Å²) in [6.07, 6.45) is 4.36. The molecule has 2 aromatic heterocycles. The van der Waals surface area contributed by atoms with Gasteiger partial charge in [0.15, 0.2) is 5.96 Å². The number of morpholine rings is 1. The molecule has 7 nitrogen and oxygen atoms in total. The standard InChI is InChI=1S/C22H31N5O2S/c1-23-22(25-14-18-6-7-24-21(13-18)29-16-17-4-5-17)26-15-19(20-3-2-12-30-20)27-8-10-28-11-9-27/h2-3,6-7,12-13,17,19H,4-5,8-11,14-16H2,1H3,(H2,23,25,26). The van der Waals surface area contributed by atoms with Crippen molar-refractivity contribution in [2.75, 3.05) is 46.5 Å². The van der Waals surface area contributed by atoms with Crippen molar-refractivity contribution in [3.8, 4) is 5.88 Å². The summed E-state index contributed by atoms with van der Waals surface area (Å²) in [6, 6.07) is 8.66. The fourth-order valence-corrected chi connectivity index (χ4v) is 4.37. The summed E-state index contributed by atoms with van der Waals surface area (Å²) in [6.45, 7) is 5.74. The Labute approximate surface area is 182 Å². The van der Waals surface area contributed by atoms with Gasteiger partial charge in [-0.05, 0) is 41.8 Å². The molecule has 3 heterocycles. The average molecular weight is 430 g/mol. The fraction of sp³-hybridized carbons (Fsp3) is 0.545. The van der Waals surface area contributed by atoms with Gasteiger partial charge in [-0.1, -0.05) is 6.07 Å². The molecule has 0 spiro atoms. The highest BCUT2D eigenvalue weighted by atomic mass is 32.1. The maximum Gasteiger partial charge on any atom is 0.213 e. The van der Waals surface area contributed by atoms with E-state index in [-0.39, 0.29) is 0 Å². The quantitative estimate of drug-likeness (QED) is 0.472. The molecule has 1 saturated carbocycles. The predicted molar refractivity (Wildman–Crippen MR) is 120 cm³/mol. The third-order valence-electron chi connectivity index (χ3n) is 5.47. The number of hydrogen-bond donors (Lipinski definition) is 2. The number of thiophene rings is 1. The van der Waals surface area contributed by atoms with Gasteiger partial charge in [0.1, 0.15) is 0 Å². The van der Waals surface area contributed by atoms with E-state index < -0.39 is 0 Å². The van der Waals surface area contributed by atoms with Crippen LogP contribution in [0.25, 0.3) is 0 Å². The molecule has 2 aliphatic rings. The van der Waals surface area contributed by atoms with Gasteiger partial charge in [0.25, 0.3) is 0 Å². The molecule has 2 fully saturated rings. The monoisotopic (exact) mass is 429 g/mol. The molecular weight excluding hydrogens is 398 g/mol. The van der Waals surface area contributed by atoms with Gasteiger partial charge in [0.2, 0.25) is 5.88 Å². The van der Waals surface area contributed by atoms with E-state index >= 15 is 0 Å². The molecule has 1 aliphatic heterocycles. The van der Waals surface area contributed by atoms with Crippen molar-refractivity contribution in [1.29, 1.82) is 0 Å². The fourth-order valence-electron chi connectivity index (χ4n) is 3.51. The molecule has 4 rings (SSSR count). The Morgan fingerprint density at radius 3 is 2.93 bits per heavy atom. The third kappa shape index (κ3) is 6.17. The minimum atomic E-state index is 0.316. The van der Waals surface area contributed by atoms with E-state index in [1.807, 2.05) is 12.1 Å². The minimum Gasteiger partial charge on any atom is -0.477 e. The number of guanidine groups is 1. The second-order valence-corrected chi connectivity index (χ2v) is 8.72. The zero-order chi connectivity index (χ0) is 20.6. The first-order valence-electron chi connectivity index (χ1n) is 10.7. The SMILES string of the molecule is CN=C(NCc1ccnc(OCC2CC2)c1)NCC(c1cccs1)N1CCOCC1. The van der Waals surface area contributed by atoms with Crippen molar-refractivity contribution >= 4 is 17.3 Å². The number of nitrogens with zero attached hydrogens (tertiary/aromatic N) is 3. The molecule has 0 amide bonds. The lowest BCUT2D eigenvalue weighted by Crippen LogP contribution is -2.46. The Morgan fingerprint density at radius 2 is 2.20 bits per heavy atom.